The van der Waals surface area contributed by atoms with Crippen molar-refractivity contribution in [2.45, 2.75) is 23.6 Å². The van der Waals surface area contributed by atoms with E-state index in [2.05, 4.69) is 4.72 Å². The zero-order valence-corrected chi connectivity index (χ0v) is 16.5. The van der Waals surface area contributed by atoms with Crippen LogP contribution >= 0.6 is 11.6 Å². The van der Waals surface area contributed by atoms with Crippen LogP contribution in [0.5, 0.6) is 0 Å². The Morgan fingerprint density at radius 3 is 2.20 bits per heavy atom. The van der Waals surface area contributed by atoms with Gasteiger partial charge >= 0.3 is 6.18 Å². The maximum Gasteiger partial charge on any atom is 0.426 e. The number of nitrogens with one attached hydrogen (secondary N) is 2. The first kappa shape index (κ1) is 23.4. The fraction of sp³-hybridized carbons (Fsp3) is 0.188. The largest absolute Gasteiger partial charge is 0.426 e. The lowest BCUT2D eigenvalue weighted by Crippen LogP contribution is -2.52. The fourth-order valence-electron chi connectivity index (χ4n) is 2.00. The second-order valence-corrected chi connectivity index (χ2v) is 8.16. The minimum absolute atomic E-state index is 0.00956. The van der Waals surface area contributed by atoms with Crippen LogP contribution in [-0.4, -0.2) is 36.1 Å². The molecule has 0 heterocycles. The number of aliphatic hydroxyl groups is 1. The van der Waals surface area contributed by atoms with Crippen LogP contribution in [0.3, 0.4) is 0 Å². The number of nitro groups is 1. The van der Waals surface area contributed by atoms with Gasteiger partial charge in [-0.05, 0) is 37.3 Å². The molecule has 30 heavy (non-hydrogen) atoms. The average molecular weight is 468 g/mol. The summed E-state index contributed by atoms with van der Waals surface area (Å²) >= 11 is 5.86. The van der Waals surface area contributed by atoms with Gasteiger partial charge in [0, 0.05) is 17.8 Å². The summed E-state index contributed by atoms with van der Waals surface area (Å²) in [6, 6.07) is 7.24. The summed E-state index contributed by atoms with van der Waals surface area (Å²) in [5, 5.41) is 21.3. The summed E-state index contributed by atoms with van der Waals surface area (Å²) in [5.74, 6) is -1.81. The predicted molar refractivity (Wildman–Crippen MR) is 101 cm³/mol. The summed E-state index contributed by atoms with van der Waals surface area (Å²) in [4.78, 5) is 21.3. The Hall–Kier alpha value is -2.90. The Balaban J connectivity index is 2.23. The van der Waals surface area contributed by atoms with E-state index in [4.69, 9.17) is 11.6 Å². The summed E-state index contributed by atoms with van der Waals surface area (Å²) < 4.78 is 65.1. The first-order chi connectivity index (χ1) is 13.6. The molecule has 0 fully saturated rings. The van der Waals surface area contributed by atoms with Crippen LogP contribution in [0.1, 0.15) is 6.92 Å². The van der Waals surface area contributed by atoms with E-state index in [0.29, 0.717) is 0 Å². The highest BCUT2D eigenvalue weighted by Gasteiger charge is 2.55. The number of hydrogen-bond donors (Lipinski definition) is 3. The van der Waals surface area contributed by atoms with Crippen molar-refractivity contribution < 1.29 is 36.4 Å². The van der Waals surface area contributed by atoms with E-state index >= 15 is 0 Å². The molecule has 0 spiro atoms. The monoisotopic (exact) mass is 467 g/mol. The van der Waals surface area contributed by atoms with E-state index in [1.165, 1.54) is 0 Å². The number of benzene rings is 2. The molecule has 2 rings (SSSR count). The third-order valence-corrected chi connectivity index (χ3v) is 5.52. The molecule has 0 aliphatic rings. The second-order valence-electron chi connectivity index (χ2n) is 6.08. The summed E-state index contributed by atoms with van der Waals surface area (Å²) in [6.07, 6.45) is -5.25. The molecule has 1 atom stereocenters. The third kappa shape index (κ3) is 4.98. The van der Waals surface area contributed by atoms with Gasteiger partial charge in [0.05, 0.1) is 20.5 Å². The number of carbonyl (C=O) groups is 1. The molecule has 1 amide bonds. The number of amides is 1. The van der Waals surface area contributed by atoms with Crippen LogP contribution in [-0.2, 0) is 14.8 Å². The SMILES string of the molecule is CC(O)(C(=O)Nc1ccc(S(=O)(=O)Nc2ccc([N+](=O)[O-])cc2)cc1Cl)C(F)(F)F. The van der Waals surface area contributed by atoms with Gasteiger partial charge in [-0.25, -0.2) is 8.42 Å². The zero-order chi connectivity index (χ0) is 22.9. The van der Waals surface area contributed by atoms with Crippen molar-refractivity contribution in [2.24, 2.45) is 0 Å². The molecule has 9 nitrogen and oxygen atoms in total. The van der Waals surface area contributed by atoms with Gasteiger partial charge in [0.15, 0.2) is 0 Å². The molecule has 0 aromatic heterocycles. The van der Waals surface area contributed by atoms with Crippen molar-refractivity contribution >= 4 is 44.6 Å². The molecular weight excluding hydrogens is 455 g/mol. The summed E-state index contributed by atoms with van der Waals surface area (Å²) in [7, 11) is -4.21. The Bertz CT molecular complexity index is 1090. The fourth-order valence-corrected chi connectivity index (χ4v) is 3.38. The molecule has 0 aliphatic heterocycles. The second kappa shape index (κ2) is 8.08. The van der Waals surface area contributed by atoms with E-state index in [0.717, 1.165) is 42.5 Å². The number of nitro benzene ring substituents is 1. The predicted octanol–water partition coefficient (Wildman–Crippen LogP) is 3.30. The average Bonchev–Trinajstić information content (AvgIpc) is 2.62. The van der Waals surface area contributed by atoms with Gasteiger partial charge in [-0.15, -0.1) is 0 Å². The van der Waals surface area contributed by atoms with Gasteiger partial charge < -0.3 is 10.4 Å². The van der Waals surface area contributed by atoms with Crippen molar-refractivity contribution in [1.82, 2.24) is 0 Å². The van der Waals surface area contributed by atoms with E-state index < -0.39 is 42.5 Å². The van der Waals surface area contributed by atoms with Crippen LogP contribution in [0.4, 0.5) is 30.2 Å². The molecular formula is C16H13ClF3N3O6S. The maximum absolute atomic E-state index is 12.7. The van der Waals surface area contributed by atoms with Gasteiger partial charge in [0.25, 0.3) is 21.6 Å². The number of rotatable bonds is 6. The lowest BCUT2D eigenvalue weighted by Gasteiger charge is -2.25. The number of non-ortho nitro benzene ring substituents is 1. The van der Waals surface area contributed by atoms with E-state index in [-0.39, 0.29) is 24.0 Å². The van der Waals surface area contributed by atoms with E-state index in [1.807, 2.05) is 0 Å². The molecule has 0 radical (unpaired) electrons. The number of halogens is 4. The van der Waals surface area contributed by atoms with E-state index in [1.54, 1.807) is 5.32 Å². The van der Waals surface area contributed by atoms with Crippen LogP contribution in [0.2, 0.25) is 5.02 Å². The molecule has 0 aliphatic carbocycles. The lowest BCUT2D eigenvalue weighted by atomic mass is 10.1. The molecule has 0 saturated carbocycles. The van der Waals surface area contributed by atoms with Gasteiger partial charge in [-0.2, -0.15) is 13.2 Å². The number of nitrogens with zero attached hydrogens (tertiary/aromatic N) is 1. The maximum atomic E-state index is 12.7. The number of hydrogen-bond acceptors (Lipinski definition) is 6. The normalized spacial score (nSPS) is 13.9. The molecule has 2 aromatic rings. The number of carbonyl (C=O) groups excluding carboxylic acids is 1. The highest BCUT2D eigenvalue weighted by atomic mass is 35.5. The first-order valence-corrected chi connectivity index (χ1v) is 9.68. The summed E-state index contributed by atoms with van der Waals surface area (Å²) in [6.45, 7) is 0.253. The Kier molecular flexibility index (Phi) is 6.30. The van der Waals surface area contributed by atoms with Crippen LogP contribution in [0.25, 0.3) is 0 Å². The van der Waals surface area contributed by atoms with Crippen LogP contribution in [0, 0.1) is 10.1 Å². The van der Waals surface area contributed by atoms with Crippen LogP contribution < -0.4 is 10.0 Å². The molecule has 1 unspecified atom stereocenters. The van der Waals surface area contributed by atoms with Gasteiger partial charge in [-0.3, -0.25) is 19.6 Å². The lowest BCUT2D eigenvalue weighted by molar-refractivity contribution is -0.384. The van der Waals surface area contributed by atoms with Crippen molar-refractivity contribution in [2.75, 3.05) is 10.0 Å². The minimum Gasteiger partial charge on any atom is -0.373 e. The standard InChI is InChI=1S/C16H13ClF3N3O6S/c1-15(25,16(18,19)20)14(24)21-13-7-6-11(8-12(13)17)30(28,29)22-9-2-4-10(5-3-9)23(26)27/h2-8,22,25H,1H3,(H,21,24). The van der Waals surface area contributed by atoms with Gasteiger partial charge in [0.1, 0.15) is 0 Å². The topological polar surface area (TPSA) is 139 Å². The molecule has 0 saturated heterocycles. The van der Waals surface area contributed by atoms with Gasteiger partial charge in [-0.1, -0.05) is 11.6 Å². The number of alkyl halides is 3. The third-order valence-electron chi connectivity index (χ3n) is 3.82. The molecule has 3 N–H and O–H groups in total. The Labute approximate surface area is 172 Å². The highest BCUT2D eigenvalue weighted by molar-refractivity contribution is 7.92. The highest BCUT2D eigenvalue weighted by Crippen LogP contribution is 2.33. The zero-order valence-electron chi connectivity index (χ0n) is 14.9. The Morgan fingerprint density at radius 2 is 1.73 bits per heavy atom. The minimum atomic E-state index is -5.25. The smallest absolute Gasteiger partial charge is 0.373 e. The Morgan fingerprint density at radius 1 is 1.17 bits per heavy atom. The van der Waals surface area contributed by atoms with Crippen LogP contribution in [0.15, 0.2) is 47.4 Å². The molecule has 0 bridgehead atoms. The van der Waals surface area contributed by atoms with Crippen molar-refractivity contribution in [3.05, 3.63) is 57.6 Å². The quantitative estimate of drug-likeness (QED) is 0.440. The number of anilines is 2. The van der Waals surface area contributed by atoms with E-state index in [9.17, 15) is 41.6 Å². The van der Waals surface area contributed by atoms with Gasteiger partial charge in [0.2, 0.25) is 5.60 Å². The molecule has 2 aromatic carbocycles. The van der Waals surface area contributed by atoms with Crippen molar-refractivity contribution in [1.29, 1.82) is 0 Å². The number of sulfonamides is 1. The molecule has 162 valence electrons. The first-order valence-electron chi connectivity index (χ1n) is 7.82. The summed E-state index contributed by atoms with van der Waals surface area (Å²) in [5.41, 5.74) is -4.30. The van der Waals surface area contributed by atoms with Crippen molar-refractivity contribution in [3.63, 3.8) is 0 Å². The van der Waals surface area contributed by atoms with Crippen molar-refractivity contribution in [3.8, 4) is 0 Å². The molecule has 14 heteroatoms.